The molecule has 0 aliphatic heterocycles. The Labute approximate surface area is 158 Å². The molecule has 0 aliphatic carbocycles. The summed E-state index contributed by atoms with van der Waals surface area (Å²) in [6, 6.07) is 9.02. The van der Waals surface area contributed by atoms with Gasteiger partial charge >= 0.3 is 11.7 Å². The minimum Gasteiger partial charge on any atom is -0.466 e. The molecule has 0 saturated heterocycles. The first-order valence-corrected chi connectivity index (χ1v) is 9.34. The van der Waals surface area contributed by atoms with E-state index in [9.17, 15) is 14.4 Å². The van der Waals surface area contributed by atoms with Gasteiger partial charge in [0.1, 0.15) is 0 Å². The Morgan fingerprint density at radius 3 is 2.52 bits per heavy atom. The molecule has 2 rings (SSSR count). The lowest BCUT2D eigenvalue weighted by atomic mass is 10.1. The van der Waals surface area contributed by atoms with E-state index in [4.69, 9.17) is 9.15 Å². The topological polar surface area (TPSA) is 101 Å². The van der Waals surface area contributed by atoms with Gasteiger partial charge in [0.2, 0.25) is 0 Å². The maximum Gasteiger partial charge on any atom is 0.417 e. The Bertz CT molecular complexity index is 779. The molecule has 1 aromatic carbocycles. The molecule has 0 bridgehead atoms. The summed E-state index contributed by atoms with van der Waals surface area (Å²) < 4.78 is 10.00. The van der Waals surface area contributed by atoms with Gasteiger partial charge in [0.15, 0.2) is 11.5 Å². The summed E-state index contributed by atoms with van der Waals surface area (Å²) >= 11 is 0. The lowest BCUT2D eigenvalue weighted by molar-refractivity contribution is -0.143. The number of aromatic amines is 1. The summed E-state index contributed by atoms with van der Waals surface area (Å²) in [6.07, 6.45) is 5.01. The summed E-state index contributed by atoms with van der Waals surface area (Å²) in [5, 5.41) is 2.81. The second-order valence-electron chi connectivity index (χ2n) is 6.16. The number of oxazole rings is 1. The molecule has 7 nitrogen and oxygen atoms in total. The van der Waals surface area contributed by atoms with Crippen molar-refractivity contribution in [3.05, 3.63) is 46.6 Å². The van der Waals surface area contributed by atoms with Gasteiger partial charge in [-0.25, -0.2) is 4.79 Å². The van der Waals surface area contributed by atoms with Gasteiger partial charge in [-0.3, -0.25) is 14.6 Å². The minimum atomic E-state index is -0.652. The van der Waals surface area contributed by atoms with E-state index in [1.54, 1.807) is 19.1 Å². The standard InChI is InChI=1S/C20H26N2O5/c1-2-26-16(23)13-9-4-3-5-10-14-21-19(24)17-18(27-20(25)22-17)15-11-7-6-8-12-15/h6-8,11-12H,2-5,9-10,13-14H2,1H3,(H,21,24)(H,22,25). The highest BCUT2D eigenvalue weighted by atomic mass is 16.5. The fourth-order valence-electron chi connectivity index (χ4n) is 2.73. The van der Waals surface area contributed by atoms with Gasteiger partial charge in [0.05, 0.1) is 6.61 Å². The van der Waals surface area contributed by atoms with Crippen LogP contribution in [0, 0.1) is 0 Å². The average Bonchev–Trinajstić information content (AvgIpc) is 3.06. The van der Waals surface area contributed by atoms with Crippen LogP contribution in [-0.2, 0) is 9.53 Å². The second-order valence-corrected chi connectivity index (χ2v) is 6.16. The predicted molar refractivity (Wildman–Crippen MR) is 101 cm³/mol. The number of rotatable bonds is 11. The lowest BCUT2D eigenvalue weighted by Crippen LogP contribution is -2.25. The van der Waals surface area contributed by atoms with E-state index in [2.05, 4.69) is 10.3 Å². The number of benzene rings is 1. The minimum absolute atomic E-state index is 0.139. The number of amides is 1. The van der Waals surface area contributed by atoms with Crippen molar-refractivity contribution in [2.75, 3.05) is 13.2 Å². The molecule has 2 N–H and O–H groups in total. The van der Waals surface area contributed by atoms with Crippen molar-refractivity contribution in [1.29, 1.82) is 0 Å². The van der Waals surface area contributed by atoms with Crippen LogP contribution in [0.2, 0.25) is 0 Å². The SMILES string of the molecule is CCOC(=O)CCCCCCCNC(=O)c1[nH]c(=O)oc1-c1ccccc1. The Morgan fingerprint density at radius 2 is 1.78 bits per heavy atom. The van der Waals surface area contributed by atoms with E-state index >= 15 is 0 Å². The van der Waals surface area contributed by atoms with E-state index in [-0.39, 0.29) is 23.3 Å². The largest absolute Gasteiger partial charge is 0.466 e. The van der Waals surface area contributed by atoms with Crippen molar-refractivity contribution >= 4 is 11.9 Å². The number of ether oxygens (including phenoxy) is 1. The van der Waals surface area contributed by atoms with Crippen LogP contribution in [0.15, 0.2) is 39.5 Å². The zero-order valence-electron chi connectivity index (χ0n) is 15.6. The maximum atomic E-state index is 12.3. The average molecular weight is 374 g/mol. The number of hydrogen-bond acceptors (Lipinski definition) is 5. The molecule has 27 heavy (non-hydrogen) atoms. The zero-order chi connectivity index (χ0) is 19.5. The third-order valence-electron chi connectivity index (χ3n) is 4.06. The van der Waals surface area contributed by atoms with Crippen LogP contribution in [0.4, 0.5) is 0 Å². The van der Waals surface area contributed by atoms with Crippen LogP contribution in [0.3, 0.4) is 0 Å². The van der Waals surface area contributed by atoms with Gasteiger partial charge in [-0.05, 0) is 19.8 Å². The van der Waals surface area contributed by atoms with E-state index < -0.39 is 5.76 Å². The van der Waals surface area contributed by atoms with Crippen LogP contribution < -0.4 is 11.1 Å². The lowest BCUT2D eigenvalue weighted by Gasteiger charge is -2.05. The maximum absolute atomic E-state index is 12.3. The molecule has 0 fully saturated rings. The molecule has 1 heterocycles. The predicted octanol–water partition coefficient (Wildman–Crippen LogP) is 3.27. The summed E-state index contributed by atoms with van der Waals surface area (Å²) in [4.78, 5) is 37.5. The van der Waals surface area contributed by atoms with Crippen LogP contribution >= 0.6 is 0 Å². The molecule has 146 valence electrons. The molecule has 7 heteroatoms. The molecule has 0 saturated carbocycles. The van der Waals surface area contributed by atoms with Crippen molar-refractivity contribution in [2.45, 2.75) is 45.4 Å². The normalized spacial score (nSPS) is 10.6. The molecule has 0 spiro atoms. The Morgan fingerprint density at radius 1 is 1.07 bits per heavy atom. The van der Waals surface area contributed by atoms with Crippen molar-refractivity contribution in [3.8, 4) is 11.3 Å². The van der Waals surface area contributed by atoms with Crippen molar-refractivity contribution in [1.82, 2.24) is 10.3 Å². The van der Waals surface area contributed by atoms with Crippen LogP contribution in [-0.4, -0.2) is 30.0 Å². The molecule has 0 unspecified atom stereocenters. The molecular weight excluding hydrogens is 348 g/mol. The van der Waals surface area contributed by atoms with E-state index in [1.807, 2.05) is 18.2 Å². The molecule has 0 radical (unpaired) electrons. The molecule has 0 atom stereocenters. The monoisotopic (exact) mass is 374 g/mol. The quantitative estimate of drug-likeness (QED) is 0.464. The van der Waals surface area contributed by atoms with Gasteiger partial charge in [0.25, 0.3) is 5.91 Å². The third-order valence-corrected chi connectivity index (χ3v) is 4.06. The Balaban J connectivity index is 1.70. The highest BCUT2D eigenvalue weighted by Gasteiger charge is 2.18. The number of hydrogen-bond donors (Lipinski definition) is 2. The molecule has 0 aliphatic rings. The number of aromatic nitrogens is 1. The first-order chi connectivity index (χ1) is 13.1. The highest BCUT2D eigenvalue weighted by Crippen LogP contribution is 2.20. The summed E-state index contributed by atoms with van der Waals surface area (Å²) in [6.45, 7) is 2.73. The first-order valence-electron chi connectivity index (χ1n) is 9.34. The van der Waals surface area contributed by atoms with Gasteiger partial charge in [0, 0.05) is 18.5 Å². The Kier molecular flexibility index (Phi) is 8.35. The number of carbonyl (C=O) groups excluding carboxylic acids is 2. The third kappa shape index (κ3) is 6.77. The number of carbonyl (C=O) groups is 2. The fourth-order valence-corrected chi connectivity index (χ4v) is 2.73. The number of nitrogens with one attached hydrogen (secondary N) is 2. The van der Waals surface area contributed by atoms with Crippen LogP contribution in [0.1, 0.15) is 55.9 Å². The summed E-state index contributed by atoms with van der Waals surface area (Å²) in [7, 11) is 0. The van der Waals surface area contributed by atoms with Gasteiger partial charge in [-0.1, -0.05) is 49.6 Å². The zero-order valence-corrected chi connectivity index (χ0v) is 15.6. The molecule has 1 amide bonds. The van der Waals surface area contributed by atoms with Crippen molar-refractivity contribution < 1.29 is 18.7 Å². The van der Waals surface area contributed by atoms with Crippen molar-refractivity contribution in [2.24, 2.45) is 0 Å². The number of H-pyrrole nitrogens is 1. The second kappa shape index (κ2) is 11.0. The summed E-state index contributed by atoms with van der Waals surface area (Å²) in [5.74, 6) is -0.909. The number of esters is 1. The number of unbranched alkanes of at least 4 members (excludes halogenated alkanes) is 4. The van der Waals surface area contributed by atoms with E-state index in [1.165, 1.54) is 0 Å². The molecule has 2 aromatic rings. The molecular formula is C20H26N2O5. The first kappa shape index (κ1) is 20.5. The van der Waals surface area contributed by atoms with E-state index in [0.717, 1.165) is 32.1 Å². The highest BCUT2D eigenvalue weighted by molar-refractivity contribution is 5.97. The van der Waals surface area contributed by atoms with Gasteiger partial charge < -0.3 is 14.5 Å². The summed E-state index contributed by atoms with van der Waals surface area (Å²) in [5.41, 5.74) is 0.809. The van der Waals surface area contributed by atoms with Gasteiger partial charge in [-0.2, -0.15) is 0 Å². The Hall–Kier alpha value is -2.83. The van der Waals surface area contributed by atoms with Crippen LogP contribution in [0.25, 0.3) is 11.3 Å². The van der Waals surface area contributed by atoms with Crippen molar-refractivity contribution in [3.63, 3.8) is 0 Å². The van der Waals surface area contributed by atoms with Crippen LogP contribution in [0.5, 0.6) is 0 Å². The fraction of sp³-hybridized carbons (Fsp3) is 0.450. The van der Waals surface area contributed by atoms with E-state index in [0.29, 0.717) is 25.1 Å². The van der Waals surface area contributed by atoms with Gasteiger partial charge in [-0.15, -0.1) is 0 Å². The molecule has 1 aromatic heterocycles. The smallest absolute Gasteiger partial charge is 0.417 e.